The number of carbonyl (C=O) groups excluding carboxylic acids is 2. The van der Waals surface area contributed by atoms with Crippen LogP contribution in [-0.2, 0) is 9.59 Å². The van der Waals surface area contributed by atoms with Crippen LogP contribution in [0.4, 0.5) is 8.78 Å². The molecule has 9 nitrogen and oxygen atoms in total. The van der Waals surface area contributed by atoms with Crippen LogP contribution < -0.4 is 10.2 Å². The van der Waals surface area contributed by atoms with Gasteiger partial charge in [0.1, 0.15) is 5.75 Å². The van der Waals surface area contributed by atoms with E-state index in [1.165, 1.54) is 28.6 Å². The molecule has 0 bridgehead atoms. The largest absolute Gasteiger partial charge is 0.451 e. The lowest BCUT2D eigenvalue weighted by atomic mass is 10.3. The molecule has 2 amide bonds. The SMILES string of the molecule is CC.CN1CCN(CC(=O)N(C)CCN(CC(=O)NO)Sc2cc(F)c(Oc3ccc(Cl)cc3)c(F)c2)CC1. The Morgan fingerprint density at radius 3 is 2.23 bits per heavy atom. The number of carbonyl (C=O) groups is 2. The van der Waals surface area contributed by atoms with Crippen LogP contribution in [-0.4, -0.2) is 102 Å². The standard InChI is InChI=1S/C24H30ClF2N5O4S.C2H6/c1-29-7-10-31(11-8-29)16-23(34)30(2)9-12-32(15-22(33)28-35)37-19-13-20(26)24(21(27)14-19)36-18-5-3-17(25)4-6-18;1-2/h3-6,13-14,35H,7-12,15-16H2,1-2H3,(H,28,33);1-2H3. The summed E-state index contributed by atoms with van der Waals surface area (Å²) in [5.41, 5.74) is 1.55. The third-order valence-electron chi connectivity index (χ3n) is 5.75. The Morgan fingerprint density at radius 1 is 1.08 bits per heavy atom. The Bertz CT molecular complexity index is 1050. The maximum atomic E-state index is 14.7. The van der Waals surface area contributed by atoms with Crippen LogP contribution in [0.2, 0.25) is 5.02 Å². The van der Waals surface area contributed by atoms with Crippen molar-refractivity contribution in [3.05, 3.63) is 53.1 Å². The molecule has 39 heavy (non-hydrogen) atoms. The van der Waals surface area contributed by atoms with E-state index in [0.29, 0.717) is 11.6 Å². The average molecular weight is 588 g/mol. The molecule has 0 atom stereocenters. The molecule has 1 fully saturated rings. The van der Waals surface area contributed by atoms with E-state index in [4.69, 9.17) is 21.5 Å². The van der Waals surface area contributed by atoms with Gasteiger partial charge in [0.2, 0.25) is 5.91 Å². The summed E-state index contributed by atoms with van der Waals surface area (Å²) in [6, 6.07) is 8.22. The monoisotopic (exact) mass is 587 g/mol. The number of hydrogen-bond acceptors (Lipinski definition) is 8. The highest BCUT2D eigenvalue weighted by molar-refractivity contribution is 7.97. The third-order valence-corrected chi connectivity index (χ3v) is 7.02. The van der Waals surface area contributed by atoms with E-state index < -0.39 is 23.3 Å². The molecule has 0 aromatic heterocycles. The number of benzene rings is 2. The predicted molar refractivity (Wildman–Crippen MR) is 148 cm³/mol. The number of ether oxygens (including phenoxy) is 1. The Morgan fingerprint density at radius 2 is 1.67 bits per heavy atom. The van der Waals surface area contributed by atoms with Gasteiger partial charge in [-0.3, -0.25) is 19.7 Å². The summed E-state index contributed by atoms with van der Waals surface area (Å²) >= 11 is 6.75. The number of nitrogens with zero attached hydrogens (tertiary/aromatic N) is 4. The van der Waals surface area contributed by atoms with Crippen molar-refractivity contribution in [2.75, 3.05) is 66.5 Å². The minimum absolute atomic E-state index is 0.0677. The highest BCUT2D eigenvalue weighted by Gasteiger charge is 2.21. The summed E-state index contributed by atoms with van der Waals surface area (Å²) in [6.45, 7) is 7.90. The topological polar surface area (TPSA) is 88.6 Å². The van der Waals surface area contributed by atoms with Gasteiger partial charge < -0.3 is 14.5 Å². The van der Waals surface area contributed by atoms with E-state index >= 15 is 0 Å². The molecule has 1 saturated heterocycles. The molecule has 0 unspecified atom stereocenters. The summed E-state index contributed by atoms with van der Waals surface area (Å²) in [5, 5.41) is 9.40. The average Bonchev–Trinajstić information content (AvgIpc) is 2.92. The number of likely N-dealkylation sites (N-methyl/N-ethyl adjacent to an activating group) is 2. The fraction of sp³-hybridized carbons (Fsp3) is 0.462. The van der Waals surface area contributed by atoms with Gasteiger partial charge in [0.25, 0.3) is 5.91 Å². The second-order valence-corrected chi connectivity index (χ2v) is 10.3. The quantitative estimate of drug-likeness (QED) is 0.232. The minimum atomic E-state index is -0.927. The second-order valence-electron chi connectivity index (χ2n) is 8.66. The van der Waals surface area contributed by atoms with Crippen LogP contribution in [0.25, 0.3) is 0 Å². The Labute approximate surface area is 237 Å². The van der Waals surface area contributed by atoms with Crippen molar-refractivity contribution >= 4 is 35.4 Å². The van der Waals surface area contributed by atoms with Gasteiger partial charge >= 0.3 is 0 Å². The summed E-state index contributed by atoms with van der Waals surface area (Å²) in [4.78, 5) is 30.5. The zero-order valence-corrected chi connectivity index (χ0v) is 24.2. The van der Waals surface area contributed by atoms with Crippen molar-refractivity contribution < 1.29 is 28.3 Å². The lowest BCUT2D eigenvalue weighted by Crippen LogP contribution is -2.49. The van der Waals surface area contributed by atoms with Gasteiger partial charge in [-0.15, -0.1) is 0 Å². The van der Waals surface area contributed by atoms with Crippen molar-refractivity contribution in [3.8, 4) is 11.5 Å². The highest BCUT2D eigenvalue weighted by atomic mass is 35.5. The van der Waals surface area contributed by atoms with Gasteiger partial charge in [-0.25, -0.2) is 18.6 Å². The van der Waals surface area contributed by atoms with Crippen molar-refractivity contribution in [3.63, 3.8) is 0 Å². The molecule has 2 aromatic rings. The number of rotatable bonds is 11. The molecular formula is C26H36ClF2N5O4S. The van der Waals surface area contributed by atoms with Gasteiger partial charge in [-0.05, 0) is 55.4 Å². The molecule has 1 heterocycles. The zero-order chi connectivity index (χ0) is 28.9. The van der Waals surface area contributed by atoms with Crippen molar-refractivity contribution in [1.82, 2.24) is 24.5 Å². The van der Waals surface area contributed by atoms with E-state index in [9.17, 15) is 18.4 Å². The number of amides is 2. The molecule has 216 valence electrons. The van der Waals surface area contributed by atoms with Gasteiger partial charge in [-0.1, -0.05) is 25.4 Å². The van der Waals surface area contributed by atoms with E-state index in [-0.39, 0.29) is 36.2 Å². The third kappa shape index (κ3) is 10.9. The zero-order valence-electron chi connectivity index (χ0n) is 22.6. The lowest BCUT2D eigenvalue weighted by molar-refractivity contribution is -0.131. The van der Waals surface area contributed by atoms with E-state index in [0.717, 1.165) is 50.3 Å². The van der Waals surface area contributed by atoms with Crippen molar-refractivity contribution in [2.24, 2.45) is 0 Å². The maximum absolute atomic E-state index is 14.7. The fourth-order valence-electron chi connectivity index (χ4n) is 3.51. The molecule has 13 heteroatoms. The van der Waals surface area contributed by atoms with Crippen LogP contribution in [0.1, 0.15) is 13.8 Å². The molecule has 0 saturated carbocycles. The van der Waals surface area contributed by atoms with Gasteiger partial charge in [0, 0.05) is 56.2 Å². The number of nitrogens with one attached hydrogen (secondary N) is 1. The Balaban J connectivity index is 0.00000260. The second kappa shape index (κ2) is 16.6. The number of piperazine rings is 1. The first-order valence-corrected chi connectivity index (χ1v) is 13.7. The van der Waals surface area contributed by atoms with Crippen LogP contribution >= 0.6 is 23.5 Å². The normalized spacial score (nSPS) is 14.0. The molecule has 2 N–H and O–H groups in total. The van der Waals surface area contributed by atoms with E-state index in [1.54, 1.807) is 17.4 Å². The molecule has 3 rings (SSSR count). The number of hydrogen-bond donors (Lipinski definition) is 2. The van der Waals surface area contributed by atoms with Crippen LogP contribution in [0.15, 0.2) is 41.3 Å². The van der Waals surface area contributed by atoms with Crippen LogP contribution in [0, 0.1) is 11.6 Å². The van der Waals surface area contributed by atoms with Gasteiger partial charge in [0.15, 0.2) is 17.4 Å². The lowest BCUT2D eigenvalue weighted by Gasteiger charge is -2.33. The van der Waals surface area contributed by atoms with Gasteiger partial charge in [-0.2, -0.15) is 0 Å². The van der Waals surface area contributed by atoms with Crippen LogP contribution in [0.5, 0.6) is 11.5 Å². The molecule has 0 spiro atoms. The van der Waals surface area contributed by atoms with Gasteiger partial charge in [0.05, 0.1) is 13.1 Å². The molecule has 1 aliphatic heterocycles. The molecule has 2 aromatic carbocycles. The number of halogens is 3. The summed E-state index contributed by atoms with van der Waals surface area (Å²) < 4.78 is 36.3. The molecule has 1 aliphatic rings. The Hall–Kier alpha value is -2.48. The highest BCUT2D eigenvalue weighted by Crippen LogP contribution is 2.33. The Kier molecular flexibility index (Phi) is 13.9. The predicted octanol–water partition coefficient (Wildman–Crippen LogP) is 3.96. The maximum Gasteiger partial charge on any atom is 0.258 e. The van der Waals surface area contributed by atoms with Crippen molar-refractivity contribution in [1.29, 1.82) is 0 Å². The molecule has 0 radical (unpaired) electrons. The van der Waals surface area contributed by atoms with Crippen LogP contribution in [0.3, 0.4) is 0 Å². The molecule has 0 aliphatic carbocycles. The first kappa shape index (κ1) is 32.7. The molecular weight excluding hydrogens is 552 g/mol. The first-order valence-electron chi connectivity index (χ1n) is 12.6. The van der Waals surface area contributed by atoms with E-state index in [2.05, 4.69) is 9.80 Å². The first-order chi connectivity index (χ1) is 18.6. The number of hydroxylamine groups is 1. The summed E-state index contributed by atoms with van der Waals surface area (Å²) in [6.07, 6.45) is 0. The fourth-order valence-corrected chi connectivity index (χ4v) is 4.60. The smallest absolute Gasteiger partial charge is 0.258 e. The summed E-state index contributed by atoms with van der Waals surface area (Å²) in [7, 11) is 3.70. The van der Waals surface area contributed by atoms with E-state index in [1.807, 2.05) is 20.9 Å². The van der Waals surface area contributed by atoms with Crippen molar-refractivity contribution in [2.45, 2.75) is 18.7 Å². The summed E-state index contributed by atoms with van der Waals surface area (Å²) in [5.74, 6) is -2.98. The minimum Gasteiger partial charge on any atom is -0.451 e.